The molecule has 0 aliphatic rings. The molecular weight excluding hydrogens is 228 g/mol. The summed E-state index contributed by atoms with van der Waals surface area (Å²) < 4.78 is 5.63. The lowest BCUT2D eigenvalue weighted by atomic mass is 9.99. The average molecular weight is 250 g/mol. The molecule has 0 fully saturated rings. The number of hydrogen-bond donors (Lipinski definition) is 1. The second-order valence-electron chi connectivity index (χ2n) is 4.92. The number of ether oxygens (including phenoxy) is 1. The molecular formula is C15H22O3. The Morgan fingerprint density at radius 1 is 1.22 bits per heavy atom. The lowest BCUT2D eigenvalue weighted by Crippen LogP contribution is -2.13. The summed E-state index contributed by atoms with van der Waals surface area (Å²) in [6.07, 6.45) is 1.60. The zero-order valence-corrected chi connectivity index (χ0v) is 11.1. The van der Waals surface area contributed by atoms with Crippen LogP contribution in [0, 0.1) is 11.8 Å². The van der Waals surface area contributed by atoms with Gasteiger partial charge in [-0.05, 0) is 24.3 Å². The van der Waals surface area contributed by atoms with Gasteiger partial charge in [0.05, 0.1) is 12.5 Å². The monoisotopic (exact) mass is 250 g/mol. The summed E-state index contributed by atoms with van der Waals surface area (Å²) in [6, 6.07) is 10.1. The molecule has 0 aliphatic heterocycles. The Labute approximate surface area is 109 Å². The van der Waals surface area contributed by atoms with E-state index in [1.54, 1.807) is 6.92 Å². The van der Waals surface area contributed by atoms with Crippen molar-refractivity contribution in [2.75, 3.05) is 6.61 Å². The van der Waals surface area contributed by atoms with Crippen molar-refractivity contribution < 1.29 is 14.6 Å². The highest BCUT2D eigenvalue weighted by atomic mass is 16.5. The second kappa shape index (κ2) is 7.88. The number of aliphatic carboxylic acids is 1. The van der Waals surface area contributed by atoms with Crippen LogP contribution < -0.4 is 0 Å². The number of carbonyl (C=O) groups is 1. The zero-order chi connectivity index (χ0) is 13.4. The normalized spacial score (nSPS) is 14.1. The first-order valence-corrected chi connectivity index (χ1v) is 6.44. The van der Waals surface area contributed by atoms with E-state index in [0.29, 0.717) is 25.6 Å². The third-order valence-corrected chi connectivity index (χ3v) is 3.03. The van der Waals surface area contributed by atoms with Gasteiger partial charge >= 0.3 is 5.97 Å². The van der Waals surface area contributed by atoms with Crippen LogP contribution >= 0.6 is 0 Å². The van der Waals surface area contributed by atoms with Crippen LogP contribution in [0.5, 0.6) is 0 Å². The van der Waals surface area contributed by atoms with Gasteiger partial charge in [-0.15, -0.1) is 0 Å². The van der Waals surface area contributed by atoms with Crippen LogP contribution in [0.2, 0.25) is 0 Å². The van der Waals surface area contributed by atoms with Crippen LogP contribution in [0.3, 0.4) is 0 Å². The molecule has 3 heteroatoms. The van der Waals surface area contributed by atoms with Crippen LogP contribution in [0.1, 0.15) is 32.3 Å². The van der Waals surface area contributed by atoms with Crippen LogP contribution in [0.25, 0.3) is 0 Å². The van der Waals surface area contributed by atoms with Gasteiger partial charge < -0.3 is 9.84 Å². The molecule has 0 saturated heterocycles. The minimum Gasteiger partial charge on any atom is -0.481 e. The molecule has 0 saturated carbocycles. The fourth-order valence-corrected chi connectivity index (χ4v) is 1.69. The van der Waals surface area contributed by atoms with Crippen molar-refractivity contribution >= 4 is 5.97 Å². The van der Waals surface area contributed by atoms with E-state index in [-0.39, 0.29) is 5.92 Å². The number of carboxylic acid groups (broad SMARTS) is 1. The highest BCUT2D eigenvalue weighted by molar-refractivity contribution is 5.69. The van der Waals surface area contributed by atoms with Crippen molar-refractivity contribution in [1.29, 1.82) is 0 Å². The minimum atomic E-state index is -0.715. The summed E-state index contributed by atoms with van der Waals surface area (Å²) >= 11 is 0. The van der Waals surface area contributed by atoms with Gasteiger partial charge in [0.2, 0.25) is 0 Å². The van der Waals surface area contributed by atoms with Crippen LogP contribution in [-0.4, -0.2) is 17.7 Å². The third kappa shape index (κ3) is 5.82. The summed E-state index contributed by atoms with van der Waals surface area (Å²) in [5, 5.41) is 8.79. The van der Waals surface area contributed by atoms with Gasteiger partial charge in [-0.1, -0.05) is 44.2 Å². The molecule has 0 spiro atoms. The zero-order valence-electron chi connectivity index (χ0n) is 11.1. The van der Waals surface area contributed by atoms with Crippen molar-refractivity contribution in [3.8, 4) is 0 Å². The molecule has 0 amide bonds. The maximum atomic E-state index is 10.7. The first kappa shape index (κ1) is 14.7. The fourth-order valence-electron chi connectivity index (χ4n) is 1.69. The van der Waals surface area contributed by atoms with E-state index in [1.807, 2.05) is 30.3 Å². The molecule has 0 aromatic heterocycles. The topological polar surface area (TPSA) is 46.5 Å². The molecule has 0 heterocycles. The number of carboxylic acids is 1. The quantitative estimate of drug-likeness (QED) is 0.769. The van der Waals surface area contributed by atoms with E-state index in [9.17, 15) is 4.79 Å². The van der Waals surface area contributed by atoms with Gasteiger partial charge in [0.15, 0.2) is 0 Å². The van der Waals surface area contributed by atoms with Crippen molar-refractivity contribution in [3.63, 3.8) is 0 Å². The van der Waals surface area contributed by atoms with Crippen molar-refractivity contribution in [3.05, 3.63) is 35.9 Å². The highest BCUT2D eigenvalue weighted by Crippen LogP contribution is 2.13. The third-order valence-electron chi connectivity index (χ3n) is 3.03. The molecule has 1 aromatic carbocycles. The van der Waals surface area contributed by atoms with Crippen LogP contribution in [0.4, 0.5) is 0 Å². The molecule has 0 radical (unpaired) electrons. The largest absolute Gasteiger partial charge is 0.481 e. The van der Waals surface area contributed by atoms with Gasteiger partial charge in [0.1, 0.15) is 0 Å². The van der Waals surface area contributed by atoms with Crippen molar-refractivity contribution in [2.24, 2.45) is 11.8 Å². The summed E-state index contributed by atoms with van der Waals surface area (Å²) in [7, 11) is 0. The first-order chi connectivity index (χ1) is 8.59. The molecule has 1 rings (SSSR count). The SMILES string of the molecule is CC(CCC(C)C(=O)O)COCc1ccccc1. The first-order valence-electron chi connectivity index (χ1n) is 6.44. The summed E-state index contributed by atoms with van der Waals surface area (Å²) in [4.78, 5) is 10.7. The van der Waals surface area contributed by atoms with Crippen LogP contribution in [-0.2, 0) is 16.1 Å². The molecule has 0 aliphatic carbocycles. The summed E-state index contributed by atoms with van der Waals surface area (Å²) in [6.45, 7) is 5.15. The Kier molecular flexibility index (Phi) is 6.44. The van der Waals surface area contributed by atoms with Gasteiger partial charge in [-0.2, -0.15) is 0 Å². The lowest BCUT2D eigenvalue weighted by molar-refractivity contribution is -0.141. The minimum absolute atomic E-state index is 0.262. The van der Waals surface area contributed by atoms with E-state index in [4.69, 9.17) is 9.84 Å². The Hall–Kier alpha value is -1.35. The van der Waals surface area contributed by atoms with Gasteiger partial charge in [0.25, 0.3) is 0 Å². The maximum Gasteiger partial charge on any atom is 0.306 e. The van der Waals surface area contributed by atoms with E-state index < -0.39 is 5.97 Å². The Balaban J connectivity index is 2.14. The van der Waals surface area contributed by atoms with E-state index >= 15 is 0 Å². The molecule has 0 bridgehead atoms. The van der Waals surface area contributed by atoms with Crippen LogP contribution in [0.15, 0.2) is 30.3 Å². The molecule has 1 N–H and O–H groups in total. The number of hydrogen-bond acceptors (Lipinski definition) is 2. The molecule has 2 unspecified atom stereocenters. The molecule has 1 aromatic rings. The predicted molar refractivity (Wildman–Crippen MR) is 71.3 cm³/mol. The molecule has 100 valence electrons. The smallest absolute Gasteiger partial charge is 0.306 e. The number of rotatable bonds is 8. The second-order valence-corrected chi connectivity index (χ2v) is 4.92. The number of benzene rings is 1. The van der Waals surface area contributed by atoms with E-state index in [0.717, 1.165) is 6.42 Å². The fraction of sp³-hybridized carbons (Fsp3) is 0.533. The van der Waals surface area contributed by atoms with E-state index in [2.05, 4.69) is 6.92 Å². The average Bonchev–Trinajstić information content (AvgIpc) is 2.37. The molecule has 2 atom stereocenters. The lowest BCUT2D eigenvalue weighted by Gasteiger charge is -2.13. The van der Waals surface area contributed by atoms with Crippen molar-refractivity contribution in [1.82, 2.24) is 0 Å². The standard InChI is InChI=1S/C15H22O3/c1-12(8-9-13(2)15(16)17)10-18-11-14-6-4-3-5-7-14/h3-7,12-13H,8-11H2,1-2H3,(H,16,17). The molecule has 3 nitrogen and oxygen atoms in total. The van der Waals surface area contributed by atoms with E-state index in [1.165, 1.54) is 5.56 Å². The van der Waals surface area contributed by atoms with Gasteiger partial charge in [-0.25, -0.2) is 0 Å². The maximum absolute atomic E-state index is 10.7. The summed E-state index contributed by atoms with van der Waals surface area (Å²) in [5.74, 6) is -0.579. The highest BCUT2D eigenvalue weighted by Gasteiger charge is 2.12. The Morgan fingerprint density at radius 2 is 1.89 bits per heavy atom. The summed E-state index contributed by atoms with van der Waals surface area (Å²) in [5.41, 5.74) is 1.17. The van der Waals surface area contributed by atoms with Crippen molar-refractivity contribution in [2.45, 2.75) is 33.3 Å². The van der Waals surface area contributed by atoms with Gasteiger partial charge in [0, 0.05) is 6.61 Å². The predicted octanol–water partition coefficient (Wildman–Crippen LogP) is 3.34. The Bertz CT molecular complexity index is 348. The molecule has 18 heavy (non-hydrogen) atoms. The Morgan fingerprint density at radius 3 is 2.50 bits per heavy atom. The van der Waals surface area contributed by atoms with Gasteiger partial charge in [-0.3, -0.25) is 4.79 Å².